The highest BCUT2D eigenvalue weighted by Crippen LogP contribution is 2.53. The van der Waals surface area contributed by atoms with E-state index in [1.807, 2.05) is 24.3 Å². The van der Waals surface area contributed by atoms with Gasteiger partial charge in [-0.2, -0.15) is 0 Å². The Labute approximate surface area is 125 Å². The highest BCUT2D eigenvalue weighted by Gasteiger charge is 2.42. The molecule has 19 heavy (non-hydrogen) atoms. The highest BCUT2D eigenvalue weighted by molar-refractivity contribution is 6.30. The average molecular weight is 294 g/mol. The summed E-state index contributed by atoms with van der Waals surface area (Å²) in [6, 6.07) is 18.6. The van der Waals surface area contributed by atoms with E-state index in [0.29, 0.717) is 11.8 Å². The van der Waals surface area contributed by atoms with Crippen molar-refractivity contribution in [1.29, 1.82) is 0 Å². The fourth-order valence-corrected chi connectivity index (χ4v) is 2.75. The van der Waals surface area contributed by atoms with Crippen LogP contribution in [0.5, 0.6) is 0 Å². The maximum absolute atomic E-state index is 6.34. The number of halogens is 2. The van der Waals surface area contributed by atoms with Gasteiger partial charge in [0.05, 0.1) is 0 Å². The minimum absolute atomic E-state index is 0. The second kappa shape index (κ2) is 5.96. The summed E-state index contributed by atoms with van der Waals surface area (Å²) in [6.45, 7) is 0. The number of rotatable bonds is 3. The fraction of sp³-hybridized carbons (Fsp3) is 0.250. The summed E-state index contributed by atoms with van der Waals surface area (Å²) < 4.78 is 0. The maximum Gasteiger partial charge on any atom is 0.0406 e. The Morgan fingerprint density at radius 3 is 2.26 bits per heavy atom. The average Bonchev–Trinajstić information content (AvgIpc) is 3.20. The predicted molar refractivity (Wildman–Crippen MR) is 82.9 cm³/mol. The second-order valence-electron chi connectivity index (χ2n) is 4.99. The zero-order chi connectivity index (χ0) is 12.5. The van der Waals surface area contributed by atoms with Gasteiger partial charge >= 0.3 is 0 Å². The predicted octanol–water partition coefficient (Wildman–Crippen LogP) is 4.57. The van der Waals surface area contributed by atoms with Gasteiger partial charge < -0.3 is 5.73 Å². The van der Waals surface area contributed by atoms with Crippen molar-refractivity contribution in [2.24, 2.45) is 11.7 Å². The smallest absolute Gasteiger partial charge is 0.0406 e. The Kier molecular flexibility index (Phi) is 4.51. The molecule has 0 bridgehead atoms. The Balaban J connectivity index is 0.00000133. The van der Waals surface area contributed by atoms with Crippen molar-refractivity contribution in [3.05, 3.63) is 70.7 Å². The number of benzene rings is 2. The lowest BCUT2D eigenvalue weighted by atomic mass is 10.00. The van der Waals surface area contributed by atoms with E-state index in [-0.39, 0.29) is 18.4 Å². The van der Waals surface area contributed by atoms with Crippen LogP contribution in [0.3, 0.4) is 0 Å². The monoisotopic (exact) mass is 293 g/mol. The molecule has 3 rings (SSSR count). The van der Waals surface area contributed by atoms with Crippen LogP contribution in [0.15, 0.2) is 54.6 Å². The molecule has 2 aromatic carbocycles. The molecule has 0 aliphatic heterocycles. The van der Waals surface area contributed by atoms with Crippen LogP contribution in [0.4, 0.5) is 0 Å². The quantitative estimate of drug-likeness (QED) is 0.882. The molecule has 1 saturated carbocycles. The number of nitrogens with two attached hydrogens (primary N) is 1. The van der Waals surface area contributed by atoms with Gasteiger partial charge in [0.2, 0.25) is 0 Å². The standard InChI is InChI=1S/C16H16ClN.ClH/c17-13-8-6-12(7-9-13)16(18)15-10-14(15)11-4-2-1-3-5-11;/h1-9,14-16H,10,18H2;1H/t14-,15-,16?;/m1./s1. The van der Waals surface area contributed by atoms with Crippen molar-refractivity contribution in [3.8, 4) is 0 Å². The fourth-order valence-electron chi connectivity index (χ4n) is 2.63. The molecular weight excluding hydrogens is 277 g/mol. The number of hydrogen-bond acceptors (Lipinski definition) is 1. The second-order valence-corrected chi connectivity index (χ2v) is 5.43. The van der Waals surface area contributed by atoms with Crippen molar-refractivity contribution < 1.29 is 0 Å². The highest BCUT2D eigenvalue weighted by atomic mass is 35.5. The van der Waals surface area contributed by atoms with Gasteiger partial charge in [-0.15, -0.1) is 12.4 Å². The molecule has 0 aromatic heterocycles. The summed E-state index contributed by atoms with van der Waals surface area (Å²) in [5.41, 5.74) is 8.93. The summed E-state index contributed by atoms with van der Waals surface area (Å²) in [5, 5.41) is 0.765. The first-order chi connectivity index (χ1) is 8.75. The molecule has 0 amide bonds. The van der Waals surface area contributed by atoms with Gasteiger partial charge in [0.15, 0.2) is 0 Å². The molecule has 1 unspecified atom stereocenters. The van der Waals surface area contributed by atoms with Gasteiger partial charge in [-0.05, 0) is 41.5 Å². The molecule has 2 N–H and O–H groups in total. The van der Waals surface area contributed by atoms with E-state index in [4.69, 9.17) is 17.3 Å². The summed E-state index contributed by atoms with van der Waals surface area (Å²) in [5.74, 6) is 1.19. The van der Waals surface area contributed by atoms with Gasteiger partial charge in [-0.25, -0.2) is 0 Å². The molecule has 100 valence electrons. The van der Waals surface area contributed by atoms with Gasteiger partial charge in [0.25, 0.3) is 0 Å². The van der Waals surface area contributed by atoms with Crippen LogP contribution < -0.4 is 5.73 Å². The lowest BCUT2D eigenvalue weighted by molar-refractivity contribution is 0.616. The summed E-state index contributed by atoms with van der Waals surface area (Å²) >= 11 is 5.90. The SMILES string of the molecule is Cl.NC(c1ccc(Cl)cc1)[C@@H]1C[C@@H]1c1ccccc1. The molecule has 0 saturated heterocycles. The van der Waals surface area contributed by atoms with Crippen LogP contribution >= 0.6 is 24.0 Å². The van der Waals surface area contributed by atoms with Crippen molar-refractivity contribution in [1.82, 2.24) is 0 Å². The molecular formula is C16H17Cl2N. The summed E-state index contributed by atoms with van der Waals surface area (Å²) in [4.78, 5) is 0. The molecule has 1 aliphatic carbocycles. The van der Waals surface area contributed by atoms with E-state index in [1.54, 1.807) is 0 Å². The van der Waals surface area contributed by atoms with E-state index in [2.05, 4.69) is 30.3 Å². The van der Waals surface area contributed by atoms with Crippen LogP contribution in [-0.4, -0.2) is 0 Å². The molecule has 1 aliphatic rings. The topological polar surface area (TPSA) is 26.0 Å². The van der Waals surface area contributed by atoms with E-state index in [0.717, 1.165) is 5.02 Å². The van der Waals surface area contributed by atoms with E-state index >= 15 is 0 Å². The molecule has 0 radical (unpaired) electrons. The first-order valence-electron chi connectivity index (χ1n) is 6.31. The van der Waals surface area contributed by atoms with Crippen molar-refractivity contribution >= 4 is 24.0 Å². The summed E-state index contributed by atoms with van der Waals surface area (Å²) in [7, 11) is 0. The van der Waals surface area contributed by atoms with Crippen LogP contribution in [0, 0.1) is 5.92 Å². The van der Waals surface area contributed by atoms with Crippen molar-refractivity contribution in [3.63, 3.8) is 0 Å². The van der Waals surface area contributed by atoms with Gasteiger partial charge in [-0.3, -0.25) is 0 Å². The zero-order valence-corrected chi connectivity index (χ0v) is 12.1. The van der Waals surface area contributed by atoms with Crippen LogP contribution in [0.25, 0.3) is 0 Å². The third-order valence-electron chi connectivity index (χ3n) is 3.78. The third-order valence-corrected chi connectivity index (χ3v) is 4.04. The Morgan fingerprint density at radius 2 is 1.63 bits per heavy atom. The van der Waals surface area contributed by atoms with Crippen LogP contribution in [0.2, 0.25) is 5.02 Å². The van der Waals surface area contributed by atoms with Crippen LogP contribution in [-0.2, 0) is 0 Å². The minimum Gasteiger partial charge on any atom is -0.324 e. The first-order valence-corrected chi connectivity index (χ1v) is 6.69. The van der Waals surface area contributed by atoms with Gasteiger partial charge in [0.1, 0.15) is 0 Å². The van der Waals surface area contributed by atoms with E-state index < -0.39 is 0 Å². The van der Waals surface area contributed by atoms with Crippen LogP contribution in [0.1, 0.15) is 29.5 Å². The largest absolute Gasteiger partial charge is 0.324 e. The normalized spacial score (nSPS) is 22.4. The van der Waals surface area contributed by atoms with Crippen molar-refractivity contribution in [2.75, 3.05) is 0 Å². The van der Waals surface area contributed by atoms with E-state index in [1.165, 1.54) is 17.5 Å². The first kappa shape index (κ1) is 14.4. The van der Waals surface area contributed by atoms with Gasteiger partial charge in [-0.1, -0.05) is 54.1 Å². The molecule has 1 nitrogen and oxygen atoms in total. The zero-order valence-electron chi connectivity index (χ0n) is 10.5. The van der Waals surface area contributed by atoms with Gasteiger partial charge in [0, 0.05) is 11.1 Å². The molecule has 3 atom stereocenters. The Hall–Kier alpha value is -1.02. The lowest BCUT2D eigenvalue weighted by Crippen LogP contribution is -2.13. The third kappa shape index (κ3) is 3.11. The van der Waals surface area contributed by atoms with E-state index in [9.17, 15) is 0 Å². The minimum atomic E-state index is 0. The lowest BCUT2D eigenvalue weighted by Gasteiger charge is -2.12. The Bertz CT molecular complexity index is 524. The molecule has 0 heterocycles. The summed E-state index contributed by atoms with van der Waals surface area (Å²) in [6.07, 6.45) is 1.19. The number of hydrogen-bond donors (Lipinski definition) is 1. The molecule has 2 aromatic rings. The van der Waals surface area contributed by atoms with Crippen molar-refractivity contribution in [2.45, 2.75) is 18.4 Å². The molecule has 3 heteroatoms. The Morgan fingerprint density at radius 1 is 1.00 bits per heavy atom. The maximum atomic E-state index is 6.34. The molecule has 0 spiro atoms. The molecule has 1 fully saturated rings.